The molecule has 0 aromatic carbocycles. The predicted molar refractivity (Wildman–Crippen MR) is 546 cm³/mol. The lowest BCUT2D eigenvalue weighted by molar-refractivity contribution is -0.161. The molecule has 0 rings (SSSR count). The maximum atomic E-state index is 13.1. The molecule has 0 bridgehead atoms. The van der Waals surface area contributed by atoms with E-state index >= 15 is 0 Å². The van der Waals surface area contributed by atoms with Crippen molar-refractivity contribution in [2.75, 3.05) is 39.6 Å². The number of esters is 3. The zero-order chi connectivity index (χ0) is 93.5. The minimum absolute atomic E-state index is 0.101. The molecular formula is C111H192O16P2. The van der Waals surface area contributed by atoms with E-state index < -0.39 is 91.5 Å². The van der Waals surface area contributed by atoms with E-state index in [1.165, 1.54) is 244 Å². The molecule has 0 aliphatic rings. The molecule has 0 aliphatic carbocycles. The maximum absolute atomic E-state index is 13.1. The van der Waals surface area contributed by atoms with Gasteiger partial charge in [-0.1, -0.05) is 448 Å². The highest BCUT2D eigenvalue weighted by Gasteiger charge is 2.30. The smallest absolute Gasteiger partial charge is 0.463 e. The summed E-state index contributed by atoms with van der Waals surface area (Å²) in [5.41, 5.74) is 0. The second kappa shape index (κ2) is 102. The molecule has 18 heteroatoms. The third kappa shape index (κ3) is 103. The molecule has 5 atom stereocenters. The Morgan fingerprint density at radius 1 is 0.225 bits per heavy atom. The molecule has 0 aliphatic heterocycles. The third-order valence-electron chi connectivity index (χ3n) is 22.4. The van der Waals surface area contributed by atoms with Gasteiger partial charge in [-0.3, -0.25) is 32.5 Å². The molecule has 16 nitrogen and oxygen atoms in total. The molecular weight excluding hydrogens is 1650 g/mol. The van der Waals surface area contributed by atoms with Crippen LogP contribution in [0.1, 0.15) is 457 Å². The minimum atomic E-state index is -4.95. The number of rotatable bonds is 99. The molecule has 742 valence electrons. The number of carbonyl (C=O) groups excluding carboxylic acids is 3. The topological polar surface area (TPSA) is 231 Å². The number of hydrogen-bond acceptors (Lipinski definition) is 14. The first-order chi connectivity index (χ1) is 63.2. The fraction of sp³-hybridized carbons (Fsp3) is 0.721. The Labute approximate surface area is 790 Å². The van der Waals surface area contributed by atoms with E-state index in [1.807, 2.05) is 0 Å². The first-order valence-electron chi connectivity index (χ1n) is 52.4. The van der Waals surface area contributed by atoms with Crippen molar-refractivity contribution in [3.05, 3.63) is 170 Å². The highest BCUT2D eigenvalue weighted by Crippen LogP contribution is 2.45. The van der Waals surface area contributed by atoms with Gasteiger partial charge in [0.05, 0.1) is 26.4 Å². The molecule has 0 radical (unpaired) electrons. The van der Waals surface area contributed by atoms with Crippen molar-refractivity contribution in [1.82, 2.24) is 0 Å². The van der Waals surface area contributed by atoms with Crippen molar-refractivity contribution < 1.29 is 75.8 Å². The van der Waals surface area contributed by atoms with Crippen LogP contribution in [0.5, 0.6) is 0 Å². The SMILES string of the molecule is CC/C=C\C/C=C\C/C=C\C/C=C\C/C=C\C/C=C\CCCCCCCCCCCCCCCCC(=O)OCC(O)COP(=O)(O)OCC(O)COP(=O)(O)OCC(COC(=O)CCCCCCCCCCCCCCCCC/C=C\C/C=C\C/C=C\C/C=C\CCCCC)OC(=O)CCCCCCCCCCCCCCC/C=C\C/C=C\C/C=C\C/C=C\CCCCC. The largest absolute Gasteiger partial charge is 0.472 e. The summed E-state index contributed by atoms with van der Waals surface area (Å²) in [6, 6.07) is 0. The van der Waals surface area contributed by atoms with Crippen molar-refractivity contribution in [1.29, 1.82) is 0 Å². The quantitative estimate of drug-likeness (QED) is 0.0146. The molecule has 0 spiro atoms. The van der Waals surface area contributed by atoms with Gasteiger partial charge < -0.3 is 34.2 Å². The van der Waals surface area contributed by atoms with Gasteiger partial charge >= 0.3 is 33.6 Å². The average molecular weight is 1840 g/mol. The van der Waals surface area contributed by atoms with Gasteiger partial charge in [0.25, 0.3) is 0 Å². The lowest BCUT2D eigenvalue weighted by atomic mass is 10.0. The fourth-order valence-electron chi connectivity index (χ4n) is 14.5. The Kier molecular flexibility index (Phi) is 97.8. The monoisotopic (exact) mass is 1840 g/mol. The molecule has 0 fully saturated rings. The molecule has 0 saturated heterocycles. The second-order valence-corrected chi connectivity index (χ2v) is 37.9. The Hall–Kier alpha value is -5.09. The first kappa shape index (κ1) is 124. The highest BCUT2D eigenvalue weighted by atomic mass is 31.2. The van der Waals surface area contributed by atoms with Gasteiger partial charge in [0, 0.05) is 19.3 Å². The second-order valence-electron chi connectivity index (χ2n) is 35.0. The number of allylic oxidation sites excluding steroid dienone is 28. The molecule has 4 N–H and O–H groups in total. The molecule has 0 aromatic heterocycles. The van der Waals surface area contributed by atoms with Crippen molar-refractivity contribution >= 4 is 33.6 Å². The summed E-state index contributed by atoms with van der Waals surface area (Å²) in [6.45, 7) is 2.59. The van der Waals surface area contributed by atoms with E-state index in [2.05, 4.69) is 191 Å². The van der Waals surface area contributed by atoms with E-state index in [-0.39, 0.29) is 19.3 Å². The summed E-state index contributed by atoms with van der Waals surface area (Å²) in [7, 11) is -9.82. The maximum Gasteiger partial charge on any atom is 0.472 e. The van der Waals surface area contributed by atoms with E-state index in [1.54, 1.807) is 0 Å². The molecule has 0 amide bonds. The lowest BCUT2D eigenvalue weighted by Crippen LogP contribution is -2.30. The van der Waals surface area contributed by atoms with Gasteiger partial charge in [0.1, 0.15) is 25.4 Å². The summed E-state index contributed by atoms with van der Waals surface area (Å²) in [5, 5.41) is 20.8. The van der Waals surface area contributed by atoms with Crippen molar-refractivity contribution in [3.63, 3.8) is 0 Å². The van der Waals surface area contributed by atoms with Crippen LogP contribution in [0.3, 0.4) is 0 Å². The van der Waals surface area contributed by atoms with E-state index in [0.717, 1.165) is 154 Å². The predicted octanol–water partition coefficient (Wildman–Crippen LogP) is 33.3. The summed E-state index contributed by atoms with van der Waals surface area (Å²) in [6.07, 6.45) is 134. The average Bonchev–Trinajstić information content (AvgIpc) is 0.898. The van der Waals surface area contributed by atoms with Crippen LogP contribution in [0.25, 0.3) is 0 Å². The third-order valence-corrected chi connectivity index (χ3v) is 24.3. The molecule has 0 aromatic rings. The minimum Gasteiger partial charge on any atom is -0.463 e. The summed E-state index contributed by atoms with van der Waals surface area (Å²) < 4.78 is 61.8. The van der Waals surface area contributed by atoms with Crippen LogP contribution in [-0.4, -0.2) is 95.9 Å². The number of aliphatic hydroxyl groups excluding tert-OH is 2. The van der Waals surface area contributed by atoms with Crippen LogP contribution < -0.4 is 0 Å². The van der Waals surface area contributed by atoms with Crippen LogP contribution in [-0.2, 0) is 55.8 Å². The Morgan fingerprint density at radius 3 is 0.651 bits per heavy atom. The van der Waals surface area contributed by atoms with Crippen LogP contribution in [0, 0.1) is 0 Å². The number of unbranched alkanes of at least 4 members (excludes halogenated alkanes) is 48. The van der Waals surface area contributed by atoms with E-state index in [0.29, 0.717) is 19.3 Å². The van der Waals surface area contributed by atoms with Crippen molar-refractivity contribution in [2.24, 2.45) is 0 Å². The number of phosphoric acid groups is 2. The van der Waals surface area contributed by atoms with Crippen LogP contribution in [0.15, 0.2) is 170 Å². The number of carbonyl (C=O) groups is 3. The standard InChI is InChI=1S/C111H192O16P2/c1-4-7-10-13-16-19-22-25-28-31-34-37-40-43-46-49-51-52-54-57-58-61-64-67-70-73-76-79-82-85-88-91-94-97-109(114)121-100-106(112)101-123-128(117,118)124-102-107(113)103-125-129(119,120)126-105-108(127-111(116)99-96-93-90-87-84-81-78-75-72-69-66-63-60-55-48-45-42-39-36-33-30-27-24-21-18-15-12-9-6-3)104-122-110(115)98-95-92-89-86-83-80-77-74-71-68-65-62-59-56-53-50-47-44-41-38-35-32-29-26-23-20-17-14-11-8-5-2/h7,10,16-21,25-30,34-39,43-48,51-52,106-108,112-113H,4-6,8-9,11-15,22-24,31-33,40-42,49-50,53-105H2,1-3H3,(H,117,118)(H,119,120)/b10-7-,19-16-,20-17-,21-18-,28-25-,29-26-,30-27-,37-34-,38-35-,39-36-,46-43-,47-44-,48-45-,52-51-. The number of aliphatic hydroxyl groups is 2. The van der Waals surface area contributed by atoms with Gasteiger partial charge in [-0.2, -0.15) is 0 Å². The zero-order valence-corrected chi connectivity index (χ0v) is 84.1. The van der Waals surface area contributed by atoms with Crippen molar-refractivity contribution in [2.45, 2.75) is 476 Å². The van der Waals surface area contributed by atoms with Gasteiger partial charge in [0.2, 0.25) is 0 Å². The normalized spacial score (nSPS) is 14.3. The zero-order valence-electron chi connectivity index (χ0n) is 82.3. The fourth-order valence-corrected chi connectivity index (χ4v) is 16.1. The Morgan fingerprint density at radius 2 is 0.411 bits per heavy atom. The number of hydrogen-bond donors (Lipinski definition) is 4. The van der Waals surface area contributed by atoms with Crippen molar-refractivity contribution in [3.8, 4) is 0 Å². The molecule has 0 heterocycles. The van der Waals surface area contributed by atoms with Gasteiger partial charge in [-0.15, -0.1) is 0 Å². The summed E-state index contributed by atoms with van der Waals surface area (Å²) in [4.78, 5) is 59.3. The van der Waals surface area contributed by atoms with Crippen LogP contribution >= 0.6 is 15.6 Å². The van der Waals surface area contributed by atoms with Crippen LogP contribution in [0.2, 0.25) is 0 Å². The summed E-state index contributed by atoms with van der Waals surface area (Å²) >= 11 is 0. The Bertz CT molecular complexity index is 3030. The molecule has 5 unspecified atom stereocenters. The van der Waals surface area contributed by atoms with E-state index in [9.17, 15) is 43.5 Å². The highest BCUT2D eigenvalue weighted by molar-refractivity contribution is 7.47. The van der Waals surface area contributed by atoms with Gasteiger partial charge in [-0.05, 0) is 161 Å². The number of ether oxygens (including phenoxy) is 3. The summed E-state index contributed by atoms with van der Waals surface area (Å²) in [5.74, 6) is -1.56. The number of phosphoric ester groups is 2. The van der Waals surface area contributed by atoms with Gasteiger partial charge in [0.15, 0.2) is 6.10 Å². The van der Waals surface area contributed by atoms with Gasteiger partial charge in [-0.25, -0.2) is 9.13 Å². The van der Waals surface area contributed by atoms with E-state index in [4.69, 9.17) is 32.3 Å². The molecule has 129 heavy (non-hydrogen) atoms. The first-order valence-corrected chi connectivity index (χ1v) is 55.4. The molecule has 0 saturated carbocycles. The Balaban J connectivity index is 4.62. The van der Waals surface area contributed by atoms with Crippen LogP contribution in [0.4, 0.5) is 0 Å². The lowest BCUT2D eigenvalue weighted by Gasteiger charge is -2.21.